The van der Waals surface area contributed by atoms with Crippen LogP contribution in [0.2, 0.25) is 0 Å². The molecule has 29 heavy (non-hydrogen) atoms. The van der Waals surface area contributed by atoms with Crippen molar-refractivity contribution in [3.63, 3.8) is 0 Å². The fraction of sp³-hybridized carbons (Fsp3) is 0.600. The van der Waals surface area contributed by atoms with Crippen molar-refractivity contribution < 1.29 is 14.3 Å². The smallest absolute Gasteiger partial charge is 0.262 e. The molecule has 2 aromatic rings. The van der Waals surface area contributed by atoms with Gasteiger partial charge in [-0.15, -0.1) is 11.3 Å². The summed E-state index contributed by atoms with van der Waals surface area (Å²) in [5.74, 6) is 0.198. The van der Waals surface area contributed by atoms with Gasteiger partial charge in [-0.2, -0.15) is 0 Å². The minimum atomic E-state index is -0.277. The van der Waals surface area contributed by atoms with Gasteiger partial charge in [0, 0.05) is 33.4 Å². The Morgan fingerprint density at radius 1 is 1.41 bits per heavy atom. The second-order valence-corrected chi connectivity index (χ2v) is 8.60. The third-order valence-corrected chi connectivity index (χ3v) is 6.45. The van der Waals surface area contributed by atoms with Crippen LogP contribution >= 0.6 is 11.3 Å². The van der Waals surface area contributed by atoms with Gasteiger partial charge in [-0.1, -0.05) is 6.92 Å². The predicted octanol–water partition coefficient (Wildman–Crippen LogP) is 1.79. The number of ether oxygens (including phenoxy) is 1. The van der Waals surface area contributed by atoms with Crippen LogP contribution in [0.5, 0.6) is 0 Å². The van der Waals surface area contributed by atoms with E-state index in [-0.39, 0.29) is 23.9 Å². The maximum atomic E-state index is 13.0. The van der Waals surface area contributed by atoms with E-state index in [1.165, 1.54) is 22.2 Å². The van der Waals surface area contributed by atoms with Gasteiger partial charge in [0.25, 0.3) is 11.5 Å². The molecule has 1 saturated heterocycles. The number of piperidine rings is 1. The lowest BCUT2D eigenvalue weighted by Crippen LogP contribution is -2.42. The molecule has 0 radical (unpaired) electrons. The zero-order valence-electron chi connectivity index (χ0n) is 17.2. The molecular formula is C20H28N4O4S. The van der Waals surface area contributed by atoms with Crippen molar-refractivity contribution in [2.75, 3.05) is 33.4 Å². The molecule has 158 valence electrons. The third kappa shape index (κ3) is 4.84. The molecule has 0 aliphatic carbocycles. The van der Waals surface area contributed by atoms with Crippen molar-refractivity contribution in [2.24, 2.45) is 5.92 Å². The fourth-order valence-corrected chi connectivity index (χ4v) is 4.70. The Bertz CT molecular complexity index is 952. The molecule has 1 N–H and O–H groups in total. The van der Waals surface area contributed by atoms with Gasteiger partial charge in [-0.25, -0.2) is 4.98 Å². The van der Waals surface area contributed by atoms with E-state index in [2.05, 4.69) is 17.2 Å². The number of carbonyl (C=O) groups excluding carboxylic acids is 2. The highest BCUT2D eigenvalue weighted by atomic mass is 32.1. The number of aryl methyl sites for hydroxylation is 1. The lowest BCUT2D eigenvalue weighted by atomic mass is 10.0. The number of methoxy groups -OCH3 is 1. The third-order valence-electron chi connectivity index (χ3n) is 5.25. The van der Waals surface area contributed by atoms with Crippen molar-refractivity contribution >= 4 is 33.4 Å². The average Bonchev–Trinajstić information content (AvgIpc) is 3.04. The summed E-state index contributed by atoms with van der Waals surface area (Å²) in [6, 6.07) is 0. The second-order valence-electron chi connectivity index (χ2n) is 7.60. The molecule has 1 aliphatic heterocycles. The number of rotatable bonds is 7. The minimum absolute atomic E-state index is 0.0255. The van der Waals surface area contributed by atoms with Crippen molar-refractivity contribution in [3.8, 4) is 0 Å². The average molecular weight is 421 g/mol. The molecule has 8 nitrogen and oxygen atoms in total. The first kappa shape index (κ1) is 21.4. The van der Waals surface area contributed by atoms with Crippen LogP contribution in [0.4, 0.5) is 0 Å². The van der Waals surface area contributed by atoms with Crippen LogP contribution in [-0.4, -0.2) is 59.6 Å². The number of amides is 2. The highest BCUT2D eigenvalue weighted by Gasteiger charge is 2.23. The molecule has 9 heteroatoms. The van der Waals surface area contributed by atoms with Gasteiger partial charge in [-0.05, 0) is 37.7 Å². The molecule has 1 unspecified atom stereocenters. The molecule has 2 amide bonds. The molecule has 3 rings (SSSR count). The van der Waals surface area contributed by atoms with Crippen LogP contribution in [0, 0.1) is 12.8 Å². The normalized spacial score (nSPS) is 16.9. The van der Waals surface area contributed by atoms with Crippen LogP contribution in [0.25, 0.3) is 10.2 Å². The number of hydrogen-bond acceptors (Lipinski definition) is 6. The van der Waals surface area contributed by atoms with Gasteiger partial charge in [-0.3, -0.25) is 19.0 Å². The quantitative estimate of drug-likeness (QED) is 0.690. The maximum Gasteiger partial charge on any atom is 0.262 e. The number of thiophene rings is 1. The number of fused-ring (bicyclic) bond motifs is 1. The molecular weight excluding hydrogens is 392 g/mol. The van der Waals surface area contributed by atoms with Crippen LogP contribution in [0.1, 0.15) is 41.4 Å². The standard InChI is InChI=1S/C20H28N4O4S/c1-13-6-4-8-23(10-13)15(25)11-24-12-22-19-16(20(24)27)14(2)17(29-19)18(26)21-7-5-9-28-3/h12-13H,4-11H2,1-3H3,(H,21,26). The summed E-state index contributed by atoms with van der Waals surface area (Å²) in [6.45, 7) is 6.40. The molecule has 1 aliphatic rings. The van der Waals surface area contributed by atoms with E-state index in [0.29, 0.717) is 46.1 Å². The van der Waals surface area contributed by atoms with Crippen LogP contribution in [0.15, 0.2) is 11.1 Å². The maximum absolute atomic E-state index is 13.0. The highest BCUT2D eigenvalue weighted by molar-refractivity contribution is 7.20. The summed E-state index contributed by atoms with van der Waals surface area (Å²) < 4.78 is 6.33. The molecule has 2 aromatic heterocycles. The second kappa shape index (κ2) is 9.49. The van der Waals surface area contributed by atoms with Crippen molar-refractivity contribution in [3.05, 3.63) is 27.1 Å². The van der Waals surface area contributed by atoms with Gasteiger partial charge in [0.05, 0.1) is 16.6 Å². The molecule has 0 bridgehead atoms. The van der Waals surface area contributed by atoms with Gasteiger partial charge >= 0.3 is 0 Å². The zero-order valence-corrected chi connectivity index (χ0v) is 18.0. The zero-order chi connectivity index (χ0) is 21.0. The molecule has 1 fully saturated rings. The van der Waals surface area contributed by atoms with Gasteiger partial charge in [0.2, 0.25) is 5.91 Å². The first-order chi connectivity index (χ1) is 13.9. The van der Waals surface area contributed by atoms with Gasteiger partial charge in [0.15, 0.2) is 0 Å². The number of nitrogens with one attached hydrogen (secondary N) is 1. The summed E-state index contributed by atoms with van der Waals surface area (Å²) in [7, 11) is 1.62. The van der Waals surface area contributed by atoms with E-state index in [4.69, 9.17) is 4.74 Å². The fourth-order valence-electron chi connectivity index (χ4n) is 3.65. The monoisotopic (exact) mass is 420 g/mol. The van der Waals surface area contributed by atoms with Crippen molar-refractivity contribution in [1.29, 1.82) is 0 Å². The molecule has 0 spiro atoms. The van der Waals surface area contributed by atoms with E-state index < -0.39 is 0 Å². The summed E-state index contributed by atoms with van der Waals surface area (Å²) >= 11 is 1.20. The number of likely N-dealkylation sites (tertiary alicyclic amines) is 1. The number of nitrogens with zero attached hydrogens (tertiary/aromatic N) is 3. The van der Waals surface area contributed by atoms with Crippen LogP contribution in [0.3, 0.4) is 0 Å². The Kier molecular flexibility index (Phi) is 7.02. The topological polar surface area (TPSA) is 93.5 Å². The Balaban J connectivity index is 1.78. The summed E-state index contributed by atoms with van der Waals surface area (Å²) in [5.41, 5.74) is 0.334. The van der Waals surface area contributed by atoms with E-state index >= 15 is 0 Å². The summed E-state index contributed by atoms with van der Waals surface area (Å²) in [5, 5.41) is 3.26. The summed E-state index contributed by atoms with van der Waals surface area (Å²) in [6.07, 6.45) is 4.24. The van der Waals surface area contributed by atoms with E-state index in [1.807, 2.05) is 4.90 Å². The predicted molar refractivity (Wildman–Crippen MR) is 112 cm³/mol. The van der Waals surface area contributed by atoms with E-state index in [0.717, 1.165) is 25.9 Å². The van der Waals surface area contributed by atoms with Crippen LogP contribution in [-0.2, 0) is 16.1 Å². The van der Waals surface area contributed by atoms with Crippen molar-refractivity contribution in [2.45, 2.75) is 39.7 Å². The van der Waals surface area contributed by atoms with Crippen LogP contribution < -0.4 is 10.9 Å². The number of aromatic nitrogens is 2. The van der Waals surface area contributed by atoms with Gasteiger partial charge in [0.1, 0.15) is 11.4 Å². The molecule has 0 aromatic carbocycles. The Morgan fingerprint density at radius 3 is 2.93 bits per heavy atom. The Morgan fingerprint density at radius 2 is 2.21 bits per heavy atom. The summed E-state index contributed by atoms with van der Waals surface area (Å²) in [4.78, 5) is 45.3. The Labute approximate surface area is 173 Å². The molecule has 1 atom stereocenters. The van der Waals surface area contributed by atoms with Gasteiger partial charge < -0.3 is 15.0 Å². The largest absolute Gasteiger partial charge is 0.385 e. The van der Waals surface area contributed by atoms with E-state index in [1.54, 1.807) is 14.0 Å². The lowest BCUT2D eigenvalue weighted by molar-refractivity contribution is -0.133. The lowest BCUT2D eigenvalue weighted by Gasteiger charge is -2.31. The minimum Gasteiger partial charge on any atom is -0.385 e. The molecule has 3 heterocycles. The van der Waals surface area contributed by atoms with Crippen molar-refractivity contribution in [1.82, 2.24) is 19.8 Å². The molecule has 0 saturated carbocycles. The van der Waals surface area contributed by atoms with E-state index in [9.17, 15) is 14.4 Å². The SMILES string of the molecule is COCCCNC(=O)c1sc2ncn(CC(=O)N3CCCC(C)C3)c(=O)c2c1C. The first-order valence-corrected chi connectivity index (χ1v) is 10.8. The first-order valence-electron chi connectivity index (χ1n) is 9.95. The Hall–Kier alpha value is -2.26. The number of hydrogen-bond donors (Lipinski definition) is 1. The highest BCUT2D eigenvalue weighted by Crippen LogP contribution is 2.26. The number of carbonyl (C=O) groups is 2.